The van der Waals surface area contributed by atoms with Crippen LogP contribution in [0.1, 0.15) is 5.76 Å². The summed E-state index contributed by atoms with van der Waals surface area (Å²) in [5, 5.41) is 19.2. The summed E-state index contributed by atoms with van der Waals surface area (Å²) < 4.78 is 4.93. The van der Waals surface area contributed by atoms with Crippen LogP contribution < -0.4 is 4.90 Å². The van der Waals surface area contributed by atoms with Gasteiger partial charge in [0.05, 0.1) is 17.2 Å². The molecule has 1 saturated heterocycles. The molecule has 116 valence electrons. The van der Waals surface area contributed by atoms with Crippen LogP contribution in [0, 0.1) is 10.1 Å². The maximum absolute atomic E-state index is 12.3. The van der Waals surface area contributed by atoms with Crippen LogP contribution in [0.25, 0.3) is 6.08 Å². The molecule has 2 amide bonds. The fourth-order valence-electron chi connectivity index (χ4n) is 1.82. The lowest BCUT2D eigenvalue weighted by atomic mass is 10.3. The van der Waals surface area contributed by atoms with E-state index in [9.17, 15) is 24.8 Å². The van der Waals surface area contributed by atoms with Gasteiger partial charge in [-0.05, 0) is 30.0 Å². The van der Waals surface area contributed by atoms with Gasteiger partial charge in [0.25, 0.3) is 11.1 Å². The highest BCUT2D eigenvalue weighted by atomic mass is 32.2. The van der Waals surface area contributed by atoms with Crippen molar-refractivity contribution < 1.29 is 24.0 Å². The van der Waals surface area contributed by atoms with Crippen LogP contribution in [0.4, 0.5) is 16.5 Å². The van der Waals surface area contributed by atoms with E-state index in [0.29, 0.717) is 11.8 Å². The van der Waals surface area contributed by atoms with Crippen LogP contribution in [0.15, 0.2) is 39.8 Å². The van der Waals surface area contributed by atoms with Crippen LogP contribution in [-0.2, 0) is 4.79 Å². The van der Waals surface area contributed by atoms with Gasteiger partial charge in [-0.3, -0.25) is 19.7 Å². The maximum atomic E-state index is 12.3. The number of aromatic hydroxyl groups is 1. The number of nitro groups is 1. The lowest BCUT2D eigenvalue weighted by Gasteiger charge is -2.10. The molecular weight excluding hydrogens is 326 g/mol. The number of nitrogens with zero attached hydrogens (tertiary/aromatic N) is 3. The van der Waals surface area contributed by atoms with Gasteiger partial charge in [-0.15, -0.1) is 0 Å². The van der Waals surface area contributed by atoms with Crippen molar-refractivity contribution >= 4 is 40.7 Å². The van der Waals surface area contributed by atoms with Gasteiger partial charge in [-0.25, -0.2) is 9.88 Å². The number of carbonyl (C=O) groups is 2. The van der Waals surface area contributed by atoms with Crippen molar-refractivity contribution in [3.63, 3.8) is 0 Å². The van der Waals surface area contributed by atoms with Gasteiger partial charge < -0.3 is 9.52 Å². The smallest absolute Gasteiger partial charge is 0.433 e. The zero-order valence-corrected chi connectivity index (χ0v) is 12.0. The van der Waals surface area contributed by atoms with Crippen molar-refractivity contribution in [1.82, 2.24) is 4.98 Å². The van der Waals surface area contributed by atoms with Crippen LogP contribution in [0.3, 0.4) is 0 Å². The molecular formula is C13H7N3O6S. The summed E-state index contributed by atoms with van der Waals surface area (Å²) in [6, 6.07) is 5.10. The summed E-state index contributed by atoms with van der Waals surface area (Å²) in [5.74, 6) is -1.04. The summed E-state index contributed by atoms with van der Waals surface area (Å²) in [6.45, 7) is 0. The monoisotopic (exact) mass is 333 g/mol. The fraction of sp³-hybridized carbons (Fsp3) is 0. The Morgan fingerprint density at radius 3 is 2.70 bits per heavy atom. The Kier molecular flexibility index (Phi) is 3.58. The van der Waals surface area contributed by atoms with Crippen molar-refractivity contribution in [2.24, 2.45) is 0 Å². The topological polar surface area (TPSA) is 127 Å². The van der Waals surface area contributed by atoms with Crippen molar-refractivity contribution in [3.8, 4) is 5.75 Å². The third-order valence-corrected chi connectivity index (χ3v) is 3.69. The van der Waals surface area contributed by atoms with Gasteiger partial charge in [0.15, 0.2) is 0 Å². The predicted octanol–water partition coefficient (Wildman–Crippen LogP) is 2.53. The quantitative estimate of drug-likeness (QED) is 0.515. The molecule has 0 bridgehead atoms. The Morgan fingerprint density at radius 2 is 2.09 bits per heavy atom. The van der Waals surface area contributed by atoms with E-state index in [-0.39, 0.29) is 22.2 Å². The van der Waals surface area contributed by atoms with E-state index in [1.54, 1.807) is 0 Å². The Hall–Kier alpha value is -3.14. The van der Waals surface area contributed by atoms with Gasteiger partial charge in [-0.2, -0.15) is 0 Å². The number of carbonyl (C=O) groups excluding carboxylic acids is 2. The molecule has 1 aliphatic rings. The van der Waals surface area contributed by atoms with E-state index in [4.69, 9.17) is 4.42 Å². The summed E-state index contributed by atoms with van der Waals surface area (Å²) in [4.78, 5) is 38.8. The molecule has 0 aliphatic carbocycles. The van der Waals surface area contributed by atoms with Gasteiger partial charge >= 0.3 is 5.88 Å². The number of aromatic nitrogens is 1. The van der Waals surface area contributed by atoms with Gasteiger partial charge in [0.1, 0.15) is 22.3 Å². The summed E-state index contributed by atoms with van der Waals surface area (Å²) in [5.41, 5.74) is 0. The first-order valence-electron chi connectivity index (χ1n) is 6.13. The Balaban J connectivity index is 1.89. The van der Waals surface area contributed by atoms with Crippen molar-refractivity contribution in [2.75, 3.05) is 4.90 Å². The molecule has 3 heterocycles. The molecule has 2 aromatic heterocycles. The van der Waals surface area contributed by atoms with Crippen LogP contribution in [0.5, 0.6) is 5.75 Å². The highest BCUT2D eigenvalue weighted by molar-refractivity contribution is 8.19. The Labute approximate surface area is 132 Å². The summed E-state index contributed by atoms with van der Waals surface area (Å²) in [7, 11) is 0. The van der Waals surface area contributed by atoms with Crippen molar-refractivity contribution in [1.29, 1.82) is 0 Å². The average molecular weight is 333 g/mol. The normalized spacial score (nSPS) is 16.3. The number of pyridine rings is 1. The molecule has 23 heavy (non-hydrogen) atoms. The standard InChI is InChI=1S/C13H7N3O6S/c17-7-1-3-10(14-6-7)15-12(18)9(23-13(15)19)5-8-2-4-11(22-8)16(20)21/h1-6,17H/b9-5-. The number of rotatable bonds is 3. The van der Waals surface area contributed by atoms with Crippen LogP contribution in [0.2, 0.25) is 0 Å². The van der Waals surface area contributed by atoms with Crippen LogP contribution >= 0.6 is 11.8 Å². The molecule has 0 saturated carbocycles. The second-order valence-electron chi connectivity index (χ2n) is 4.32. The van der Waals surface area contributed by atoms with Crippen molar-refractivity contribution in [2.45, 2.75) is 0 Å². The largest absolute Gasteiger partial charge is 0.506 e. The van der Waals surface area contributed by atoms with Gasteiger partial charge in [0.2, 0.25) is 0 Å². The molecule has 3 rings (SSSR count). The minimum Gasteiger partial charge on any atom is -0.506 e. The number of imide groups is 1. The third kappa shape index (κ3) is 2.79. The molecule has 1 aliphatic heterocycles. The van der Waals surface area contributed by atoms with Crippen molar-refractivity contribution in [3.05, 3.63) is 51.2 Å². The first-order valence-corrected chi connectivity index (χ1v) is 6.94. The molecule has 0 radical (unpaired) electrons. The lowest BCUT2D eigenvalue weighted by molar-refractivity contribution is -0.402. The first kappa shape index (κ1) is 14.8. The van der Waals surface area contributed by atoms with E-state index < -0.39 is 22.0 Å². The van der Waals surface area contributed by atoms with Crippen LogP contribution in [-0.4, -0.2) is 26.2 Å². The highest BCUT2D eigenvalue weighted by Gasteiger charge is 2.37. The molecule has 9 nitrogen and oxygen atoms in total. The molecule has 0 atom stereocenters. The molecule has 10 heteroatoms. The number of hydrogen-bond donors (Lipinski definition) is 1. The van der Waals surface area contributed by atoms with E-state index in [0.717, 1.165) is 17.2 Å². The summed E-state index contributed by atoms with van der Waals surface area (Å²) >= 11 is 0.660. The molecule has 1 fully saturated rings. The maximum Gasteiger partial charge on any atom is 0.433 e. The minimum absolute atomic E-state index is 0.0501. The first-order chi connectivity index (χ1) is 11.0. The number of hydrogen-bond acceptors (Lipinski definition) is 8. The van der Waals surface area contributed by atoms with Gasteiger partial charge in [-0.1, -0.05) is 0 Å². The number of amides is 2. The van der Waals surface area contributed by atoms with E-state index >= 15 is 0 Å². The van der Waals surface area contributed by atoms with Gasteiger partial charge in [0, 0.05) is 6.08 Å². The molecule has 0 unspecified atom stereocenters. The average Bonchev–Trinajstić information content (AvgIpc) is 3.07. The number of thioether (sulfide) groups is 1. The van der Waals surface area contributed by atoms with E-state index in [1.165, 1.54) is 24.3 Å². The number of furan rings is 1. The summed E-state index contributed by atoms with van der Waals surface area (Å²) in [6.07, 6.45) is 2.36. The second kappa shape index (κ2) is 5.57. The molecule has 0 spiro atoms. The molecule has 0 aromatic carbocycles. The van der Waals surface area contributed by atoms with E-state index in [2.05, 4.69) is 4.98 Å². The minimum atomic E-state index is -0.705. The molecule has 2 aromatic rings. The fourth-order valence-corrected chi connectivity index (χ4v) is 2.63. The second-order valence-corrected chi connectivity index (χ2v) is 5.32. The Morgan fingerprint density at radius 1 is 1.30 bits per heavy atom. The lowest BCUT2D eigenvalue weighted by Crippen LogP contribution is -2.28. The van der Waals surface area contributed by atoms with E-state index in [1.807, 2.05) is 0 Å². The zero-order valence-electron chi connectivity index (χ0n) is 11.2. The predicted molar refractivity (Wildman–Crippen MR) is 79.7 cm³/mol. The highest BCUT2D eigenvalue weighted by Crippen LogP contribution is 2.35. The molecule has 1 N–H and O–H groups in total. The Bertz CT molecular complexity index is 842. The third-order valence-electron chi connectivity index (χ3n) is 2.82. The zero-order chi connectivity index (χ0) is 16.6. The number of anilines is 1. The SMILES string of the molecule is O=C1S/C(=C\c2ccc([N+](=O)[O-])o2)C(=O)N1c1ccc(O)cn1.